The van der Waals surface area contributed by atoms with E-state index in [1.54, 1.807) is 6.07 Å². The van der Waals surface area contributed by atoms with Gasteiger partial charge in [-0.1, -0.05) is 34.1 Å². The smallest absolute Gasteiger partial charge is 0.223 e. The van der Waals surface area contributed by atoms with Crippen LogP contribution in [0.4, 0.5) is 0 Å². The Morgan fingerprint density at radius 2 is 1.87 bits per heavy atom. The van der Waals surface area contributed by atoms with Gasteiger partial charge in [-0.3, -0.25) is 4.79 Å². The van der Waals surface area contributed by atoms with Gasteiger partial charge in [-0.05, 0) is 54.2 Å². The molecule has 3 rings (SSSR count). The Morgan fingerprint density at radius 1 is 1.13 bits per heavy atom. The predicted octanol–water partition coefficient (Wildman–Crippen LogP) is 3.32. The Balaban J connectivity index is 1.48. The van der Waals surface area contributed by atoms with Crippen LogP contribution in [0.3, 0.4) is 0 Å². The van der Waals surface area contributed by atoms with Crippen LogP contribution >= 0.6 is 15.9 Å². The summed E-state index contributed by atoms with van der Waals surface area (Å²) in [6, 6.07) is 12.8. The summed E-state index contributed by atoms with van der Waals surface area (Å²) in [5, 5.41) is 21.8. The molecule has 2 aromatic carbocycles. The number of carbonyl (C=O) groups excluding carboxylic acids is 1. The number of phenols is 2. The van der Waals surface area contributed by atoms with Gasteiger partial charge in [0.2, 0.25) is 5.91 Å². The molecule has 1 aliphatic rings. The summed E-state index contributed by atoms with van der Waals surface area (Å²) < 4.78 is 1.04. The van der Waals surface area contributed by atoms with Crippen LogP contribution < -0.4 is 5.32 Å². The average molecular weight is 376 g/mol. The van der Waals surface area contributed by atoms with E-state index in [0.29, 0.717) is 6.54 Å². The average Bonchev–Trinajstić information content (AvgIpc) is 3.32. The Bertz CT molecular complexity index is 715. The lowest BCUT2D eigenvalue weighted by Gasteiger charge is -2.06. The highest BCUT2D eigenvalue weighted by molar-refractivity contribution is 9.10. The number of hydrogen-bond acceptors (Lipinski definition) is 3. The van der Waals surface area contributed by atoms with Gasteiger partial charge in [0.05, 0.1) is 0 Å². The minimum atomic E-state index is -0.135. The number of carbonyl (C=O) groups is 1. The predicted molar refractivity (Wildman–Crippen MR) is 91.5 cm³/mol. The second kappa shape index (κ2) is 6.62. The van der Waals surface area contributed by atoms with Crippen molar-refractivity contribution >= 4 is 21.8 Å². The van der Waals surface area contributed by atoms with E-state index < -0.39 is 0 Å². The third-order valence-corrected chi connectivity index (χ3v) is 4.71. The molecule has 1 fully saturated rings. The lowest BCUT2D eigenvalue weighted by atomic mass is 10.1. The summed E-state index contributed by atoms with van der Waals surface area (Å²) in [5.74, 6) is -0.119. The van der Waals surface area contributed by atoms with Crippen molar-refractivity contribution < 1.29 is 15.0 Å². The topological polar surface area (TPSA) is 69.6 Å². The van der Waals surface area contributed by atoms with Gasteiger partial charge in [0, 0.05) is 16.9 Å². The van der Waals surface area contributed by atoms with Crippen LogP contribution in [0.5, 0.6) is 11.5 Å². The fourth-order valence-electron chi connectivity index (χ4n) is 2.74. The maximum absolute atomic E-state index is 12.2. The molecule has 3 N–H and O–H groups in total. The zero-order valence-corrected chi connectivity index (χ0v) is 14.1. The first-order valence-corrected chi connectivity index (χ1v) is 8.38. The van der Waals surface area contributed by atoms with Gasteiger partial charge in [-0.25, -0.2) is 0 Å². The third-order valence-electron chi connectivity index (χ3n) is 4.18. The van der Waals surface area contributed by atoms with Crippen molar-refractivity contribution in [1.82, 2.24) is 5.32 Å². The van der Waals surface area contributed by atoms with Gasteiger partial charge in [0.1, 0.15) is 0 Å². The van der Waals surface area contributed by atoms with Crippen molar-refractivity contribution in [2.75, 3.05) is 6.54 Å². The monoisotopic (exact) mass is 375 g/mol. The van der Waals surface area contributed by atoms with Crippen LogP contribution in [0.25, 0.3) is 0 Å². The number of nitrogens with one attached hydrogen (secondary N) is 1. The van der Waals surface area contributed by atoms with Crippen molar-refractivity contribution in [2.24, 2.45) is 5.92 Å². The van der Waals surface area contributed by atoms with E-state index in [-0.39, 0.29) is 29.2 Å². The summed E-state index contributed by atoms with van der Waals surface area (Å²) in [5.41, 5.74) is 2.08. The summed E-state index contributed by atoms with van der Waals surface area (Å²) in [6.45, 7) is 0.616. The first-order chi connectivity index (χ1) is 11.0. The Hall–Kier alpha value is -2.01. The molecule has 0 aromatic heterocycles. The zero-order valence-electron chi connectivity index (χ0n) is 12.5. The second-order valence-corrected chi connectivity index (χ2v) is 6.78. The first kappa shape index (κ1) is 15.9. The molecule has 5 heteroatoms. The molecule has 2 aromatic rings. The Morgan fingerprint density at radius 3 is 2.57 bits per heavy atom. The molecule has 4 nitrogen and oxygen atoms in total. The lowest BCUT2D eigenvalue weighted by molar-refractivity contribution is -0.122. The van der Waals surface area contributed by atoms with Crippen LogP contribution in [0.1, 0.15) is 23.5 Å². The van der Waals surface area contributed by atoms with Crippen LogP contribution in [0.15, 0.2) is 46.9 Å². The SMILES string of the molecule is O=C(NCCc1ccc(Br)cc1)C1CC1c1ccc(O)c(O)c1. The quantitative estimate of drug-likeness (QED) is 0.702. The van der Waals surface area contributed by atoms with Gasteiger partial charge in [0.15, 0.2) is 11.5 Å². The standard InChI is InChI=1S/C18H18BrNO3/c19-13-4-1-11(2-5-13)7-8-20-18(23)15-10-14(15)12-3-6-16(21)17(22)9-12/h1-6,9,14-15,21-22H,7-8,10H2,(H,20,23). The number of phenolic OH excluding ortho intramolecular Hbond substituents is 2. The largest absolute Gasteiger partial charge is 0.504 e. The summed E-state index contributed by atoms with van der Waals surface area (Å²) in [7, 11) is 0. The number of hydrogen-bond donors (Lipinski definition) is 3. The molecule has 0 spiro atoms. The molecule has 1 aliphatic carbocycles. The lowest BCUT2D eigenvalue weighted by Crippen LogP contribution is -2.27. The summed E-state index contributed by atoms with van der Waals surface area (Å²) in [6.07, 6.45) is 1.59. The third kappa shape index (κ3) is 3.85. The highest BCUT2D eigenvalue weighted by Crippen LogP contribution is 2.48. The zero-order chi connectivity index (χ0) is 16.4. The van der Waals surface area contributed by atoms with E-state index >= 15 is 0 Å². The number of amides is 1. The van der Waals surface area contributed by atoms with Crippen molar-refractivity contribution in [3.63, 3.8) is 0 Å². The van der Waals surface area contributed by atoms with Crippen molar-refractivity contribution in [3.8, 4) is 11.5 Å². The maximum atomic E-state index is 12.2. The molecule has 120 valence electrons. The van der Waals surface area contributed by atoms with E-state index in [4.69, 9.17) is 0 Å². The molecule has 23 heavy (non-hydrogen) atoms. The Labute approximate surface area is 143 Å². The van der Waals surface area contributed by atoms with E-state index in [1.165, 1.54) is 17.7 Å². The van der Waals surface area contributed by atoms with Crippen molar-refractivity contribution in [3.05, 3.63) is 58.1 Å². The minimum absolute atomic E-state index is 0.0381. The van der Waals surface area contributed by atoms with Gasteiger partial charge in [0.25, 0.3) is 0 Å². The van der Waals surface area contributed by atoms with E-state index in [9.17, 15) is 15.0 Å². The molecule has 0 heterocycles. The molecule has 2 unspecified atom stereocenters. The number of halogens is 1. The van der Waals surface area contributed by atoms with Crippen molar-refractivity contribution in [2.45, 2.75) is 18.8 Å². The molecular formula is C18H18BrNO3. The molecule has 2 atom stereocenters. The molecule has 1 saturated carbocycles. The normalized spacial score (nSPS) is 19.3. The molecule has 1 amide bonds. The first-order valence-electron chi connectivity index (χ1n) is 7.58. The molecule has 0 aliphatic heterocycles. The highest BCUT2D eigenvalue weighted by atomic mass is 79.9. The van der Waals surface area contributed by atoms with Gasteiger partial charge >= 0.3 is 0 Å². The summed E-state index contributed by atoms with van der Waals surface area (Å²) >= 11 is 3.40. The second-order valence-electron chi connectivity index (χ2n) is 5.86. The Kier molecular flexibility index (Phi) is 4.57. The molecule has 0 saturated heterocycles. The van der Waals surface area contributed by atoms with Gasteiger partial charge in [-0.15, -0.1) is 0 Å². The van der Waals surface area contributed by atoms with Crippen LogP contribution in [0, 0.1) is 5.92 Å². The van der Waals surface area contributed by atoms with Crippen LogP contribution in [-0.2, 0) is 11.2 Å². The van der Waals surface area contributed by atoms with Crippen LogP contribution in [0.2, 0.25) is 0 Å². The number of benzene rings is 2. The van der Waals surface area contributed by atoms with Gasteiger partial charge in [-0.2, -0.15) is 0 Å². The fourth-order valence-corrected chi connectivity index (χ4v) is 3.00. The van der Waals surface area contributed by atoms with E-state index in [1.807, 2.05) is 24.3 Å². The van der Waals surface area contributed by atoms with Crippen LogP contribution in [-0.4, -0.2) is 22.7 Å². The summed E-state index contributed by atoms with van der Waals surface area (Å²) in [4.78, 5) is 12.2. The van der Waals surface area contributed by atoms with E-state index in [0.717, 1.165) is 22.9 Å². The molecular weight excluding hydrogens is 358 g/mol. The van der Waals surface area contributed by atoms with Gasteiger partial charge < -0.3 is 15.5 Å². The molecule has 0 bridgehead atoms. The minimum Gasteiger partial charge on any atom is -0.504 e. The highest BCUT2D eigenvalue weighted by Gasteiger charge is 2.43. The maximum Gasteiger partial charge on any atom is 0.223 e. The number of rotatable bonds is 5. The number of aromatic hydroxyl groups is 2. The van der Waals surface area contributed by atoms with E-state index in [2.05, 4.69) is 21.2 Å². The molecule has 0 radical (unpaired) electrons. The fraction of sp³-hybridized carbons (Fsp3) is 0.278. The van der Waals surface area contributed by atoms with Crippen molar-refractivity contribution in [1.29, 1.82) is 0 Å².